The van der Waals surface area contributed by atoms with Crippen molar-refractivity contribution in [3.05, 3.63) is 29.8 Å². The number of alkyl carbamates (subject to hydrolysis) is 1. The summed E-state index contributed by atoms with van der Waals surface area (Å²) in [5, 5.41) is 16.6. The Morgan fingerprint density at radius 2 is 1.95 bits per heavy atom. The summed E-state index contributed by atoms with van der Waals surface area (Å²) in [6.45, 7) is 7.39. The van der Waals surface area contributed by atoms with E-state index in [-0.39, 0.29) is 6.04 Å². The van der Waals surface area contributed by atoms with Gasteiger partial charge >= 0.3 is 6.09 Å². The molecule has 0 saturated heterocycles. The molecule has 2 N–H and O–H groups in total. The molecule has 1 atom stereocenters. The molecule has 2 rings (SSSR count). The molecular formula is C14H19N5O2. The lowest BCUT2D eigenvalue weighted by Gasteiger charge is -2.22. The molecule has 1 heterocycles. The van der Waals surface area contributed by atoms with Crippen molar-refractivity contribution >= 4 is 6.09 Å². The van der Waals surface area contributed by atoms with Crippen LogP contribution in [0.25, 0.3) is 11.4 Å². The predicted octanol–water partition coefficient (Wildman–Crippen LogP) is 2.45. The molecule has 2 aromatic rings. The average molecular weight is 289 g/mol. The van der Waals surface area contributed by atoms with Crippen molar-refractivity contribution in [3.63, 3.8) is 0 Å². The quantitative estimate of drug-likeness (QED) is 0.905. The molecule has 112 valence electrons. The van der Waals surface area contributed by atoms with Crippen molar-refractivity contribution in [2.24, 2.45) is 0 Å². The average Bonchev–Trinajstić information content (AvgIpc) is 2.90. The van der Waals surface area contributed by atoms with Crippen LogP contribution in [0.5, 0.6) is 0 Å². The van der Waals surface area contributed by atoms with Gasteiger partial charge in [0.2, 0.25) is 5.82 Å². The maximum absolute atomic E-state index is 11.7. The summed E-state index contributed by atoms with van der Waals surface area (Å²) in [6.07, 6.45) is -0.433. The lowest BCUT2D eigenvalue weighted by Crippen LogP contribution is -2.34. The van der Waals surface area contributed by atoms with E-state index >= 15 is 0 Å². The van der Waals surface area contributed by atoms with Crippen molar-refractivity contribution in [2.45, 2.75) is 39.3 Å². The number of aromatic amines is 1. The summed E-state index contributed by atoms with van der Waals surface area (Å²) < 4.78 is 5.23. The third-order valence-corrected chi connectivity index (χ3v) is 2.75. The number of tetrazole rings is 1. The number of H-pyrrole nitrogens is 1. The smallest absolute Gasteiger partial charge is 0.408 e. The number of carbonyl (C=O) groups is 1. The lowest BCUT2D eigenvalue weighted by atomic mass is 10.1. The van der Waals surface area contributed by atoms with Gasteiger partial charge in [-0.25, -0.2) is 4.79 Å². The lowest BCUT2D eigenvalue weighted by molar-refractivity contribution is 0.0508. The third-order valence-electron chi connectivity index (χ3n) is 2.75. The van der Waals surface area contributed by atoms with Crippen molar-refractivity contribution in [3.8, 4) is 11.4 Å². The second-order valence-corrected chi connectivity index (χ2v) is 5.73. The minimum atomic E-state index is -0.508. The Labute approximate surface area is 123 Å². The topological polar surface area (TPSA) is 92.8 Å². The van der Waals surface area contributed by atoms with Crippen molar-refractivity contribution < 1.29 is 9.53 Å². The Morgan fingerprint density at radius 3 is 2.48 bits per heavy atom. The molecule has 1 aromatic heterocycles. The molecule has 0 unspecified atom stereocenters. The first-order valence-corrected chi connectivity index (χ1v) is 6.68. The summed E-state index contributed by atoms with van der Waals surface area (Å²) in [4.78, 5) is 11.7. The molecule has 0 aliphatic heterocycles. The van der Waals surface area contributed by atoms with Gasteiger partial charge in [0.1, 0.15) is 5.60 Å². The molecule has 0 aliphatic carbocycles. The van der Waals surface area contributed by atoms with E-state index in [2.05, 4.69) is 25.9 Å². The first-order valence-electron chi connectivity index (χ1n) is 6.68. The van der Waals surface area contributed by atoms with E-state index in [1.807, 2.05) is 52.0 Å². The van der Waals surface area contributed by atoms with E-state index in [9.17, 15) is 4.79 Å². The maximum atomic E-state index is 11.7. The van der Waals surface area contributed by atoms with Crippen LogP contribution < -0.4 is 5.32 Å². The largest absolute Gasteiger partial charge is 0.444 e. The standard InChI is InChI=1S/C14H19N5O2/c1-9(15-13(20)21-14(2,3)4)10-5-7-11(8-6-10)12-16-18-19-17-12/h5-9H,1-4H3,(H,15,20)(H,16,17,18,19)/t9-/m0/s1. The molecule has 21 heavy (non-hydrogen) atoms. The van der Waals surface area contributed by atoms with Crippen molar-refractivity contribution in [1.82, 2.24) is 25.9 Å². The molecule has 1 aromatic carbocycles. The number of rotatable bonds is 3. The first-order chi connectivity index (χ1) is 9.85. The highest BCUT2D eigenvalue weighted by molar-refractivity contribution is 5.68. The molecule has 0 saturated carbocycles. The summed E-state index contributed by atoms with van der Waals surface area (Å²) in [5.74, 6) is 0.536. The van der Waals surface area contributed by atoms with E-state index in [4.69, 9.17) is 4.74 Å². The molecule has 0 bridgehead atoms. The minimum absolute atomic E-state index is 0.154. The van der Waals surface area contributed by atoms with Gasteiger partial charge in [0.25, 0.3) is 0 Å². The Morgan fingerprint density at radius 1 is 1.29 bits per heavy atom. The van der Waals surface area contributed by atoms with Gasteiger partial charge < -0.3 is 10.1 Å². The van der Waals surface area contributed by atoms with Gasteiger partial charge in [-0.2, -0.15) is 5.21 Å². The zero-order chi connectivity index (χ0) is 15.5. The van der Waals surface area contributed by atoms with Crippen LogP contribution >= 0.6 is 0 Å². The van der Waals surface area contributed by atoms with Crippen LogP contribution in [0.2, 0.25) is 0 Å². The molecular weight excluding hydrogens is 270 g/mol. The fraction of sp³-hybridized carbons (Fsp3) is 0.429. The second-order valence-electron chi connectivity index (χ2n) is 5.73. The van der Waals surface area contributed by atoms with Crippen LogP contribution in [0.4, 0.5) is 4.79 Å². The number of amides is 1. The van der Waals surface area contributed by atoms with Crippen LogP contribution in [0.15, 0.2) is 24.3 Å². The monoisotopic (exact) mass is 289 g/mol. The highest BCUT2D eigenvalue weighted by Gasteiger charge is 2.18. The van der Waals surface area contributed by atoms with Gasteiger partial charge in [-0.3, -0.25) is 0 Å². The fourth-order valence-corrected chi connectivity index (χ4v) is 1.77. The number of nitrogens with one attached hydrogen (secondary N) is 2. The molecule has 1 amide bonds. The Kier molecular flexibility index (Phi) is 4.21. The van der Waals surface area contributed by atoms with Crippen LogP contribution in [-0.4, -0.2) is 32.3 Å². The van der Waals surface area contributed by atoms with Gasteiger partial charge in [-0.05, 0) is 38.5 Å². The van der Waals surface area contributed by atoms with E-state index in [0.29, 0.717) is 5.82 Å². The summed E-state index contributed by atoms with van der Waals surface area (Å²) in [5.41, 5.74) is 1.32. The number of nitrogens with zero attached hydrogens (tertiary/aromatic N) is 3. The summed E-state index contributed by atoms with van der Waals surface area (Å²) in [6, 6.07) is 7.43. The Bertz CT molecular complexity index is 587. The van der Waals surface area contributed by atoms with E-state index in [0.717, 1.165) is 11.1 Å². The van der Waals surface area contributed by atoms with Gasteiger partial charge in [0, 0.05) is 5.56 Å². The van der Waals surface area contributed by atoms with Gasteiger partial charge in [-0.1, -0.05) is 24.3 Å². The minimum Gasteiger partial charge on any atom is -0.444 e. The first kappa shape index (κ1) is 15.0. The SMILES string of the molecule is C[C@H](NC(=O)OC(C)(C)C)c1ccc(-c2nn[nH]n2)cc1. The zero-order valence-corrected chi connectivity index (χ0v) is 12.5. The number of benzene rings is 1. The summed E-state index contributed by atoms with van der Waals surface area (Å²) >= 11 is 0. The number of aromatic nitrogens is 4. The highest BCUT2D eigenvalue weighted by atomic mass is 16.6. The molecule has 0 fully saturated rings. The summed E-state index contributed by atoms with van der Waals surface area (Å²) in [7, 11) is 0. The van der Waals surface area contributed by atoms with Crippen LogP contribution in [0, 0.1) is 0 Å². The third kappa shape index (κ3) is 4.27. The number of carbonyl (C=O) groups excluding carboxylic acids is 1. The van der Waals surface area contributed by atoms with Crippen LogP contribution in [0.3, 0.4) is 0 Å². The number of hydrogen-bond acceptors (Lipinski definition) is 5. The highest BCUT2D eigenvalue weighted by Crippen LogP contribution is 2.19. The predicted molar refractivity (Wildman–Crippen MR) is 77.4 cm³/mol. The van der Waals surface area contributed by atoms with Gasteiger partial charge in [-0.15, -0.1) is 10.2 Å². The van der Waals surface area contributed by atoms with E-state index in [1.165, 1.54) is 0 Å². The van der Waals surface area contributed by atoms with Crippen molar-refractivity contribution in [1.29, 1.82) is 0 Å². The normalized spacial score (nSPS) is 12.8. The van der Waals surface area contributed by atoms with Crippen LogP contribution in [0.1, 0.15) is 39.3 Å². The zero-order valence-electron chi connectivity index (χ0n) is 12.5. The maximum Gasteiger partial charge on any atom is 0.408 e. The molecule has 0 spiro atoms. The van der Waals surface area contributed by atoms with Crippen LogP contribution in [-0.2, 0) is 4.74 Å². The number of ether oxygens (including phenoxy) is 1. The van der Waals surface area contributed by atoms with E-state index < -0.39 is 11.7 Å². The second kappa shape index (κ2) is 5.90. The number of hydrogen-bond donors (Lipinski definition) is 2. The van der Waals surface area contributed by atoms with Gasteiger partial charge in [0.05, 0.1) is 6.04 Å². The van der Waals surface area contributed by atoms with E-state index in [1.54, 1.807) is 0 Å². The Hall–Kier alpha value is -2.44. The Balaban J connectivity index is 2.00. The molecule has 0 aliphatic rings. The fourth-order valence-electron chi connectivity index (χ4n) is 1.77. The molecule has 7 heteroatoms. The van der Waals surface area contributed by atoms with Crippen molar-refractivity contribution in [2.75, 3.05) is 0 Å². The van der Waals surface area contributed by atoms with Gasteiger partial charge in [0.15, 0.2) is 0 Å². The molecule has 0 radical (unpaired) electrons. The molecule has 7 nitrogen and oxygen atoms in total.